The lowest BCUT2D eigenvalue weighted by molar-refractivity contribution is 0.0982. The molecule has 0 aliphatic heterocycles. The number of hydrogen-bond acceptors (Lipinski definition) is 2. The van der Waals surface area contributed by atoms with Crippen LogP contribution in [0.2, 0.25) is 0 Å². The van der Waals surface area contributed by atoms with Gasteiger partial charge >= 0.3 is 0 Å². The van der Waals surface area contributed by atoms with E-state index in [0.717, 1.165) is 37.1 Å². The molecule has 0 bridgehead atoms. The molecule has 2 aromatic rings. The highest BCUT2D eigenvalue weighted by Gasteiger charge is 2.17. The Balaban J connectivity index is 1.81. The predicted octanol–water partition coefficient (Wildman–Crippen LogP) is 3.45. The molecule has 1 aromatic carbocycles. The summed E-state index contributed by atoms with van der Waals surface area (Å²) in [7, 11) is 1.67. The number of aromatic nitrogens is 1. The van der Waals surface area contributed by atoms with Crippen LogP contribution < -0.4 is 4.74 Å². The van der Waals surface area contributed by atoms with Crippen LogP contribution in [0, 0.1) is 0 Å². The Morgan fingerprint density at radius 3 is 2.60 bits per heavy atom. The second-order valence-electron chi connectivity index (χ2n) is 5.35. The molecular weight excluding hydrogens is 250 g/mol. The average Bonchev–Trinajstić information content (AvgIpc) is 2.79. The van der Waals surface area contributed by atoms with Crippen molar-refractivity contribution in [1.29, 1.82) is 0 Å². The zero-order valence-corrected chi connectivity index (χ0v) is 11.8. The minimum Gasteiger partial charge on any atom is -0.497 e. The molecule has 3 heteroatoms. The van der Waals surface area contributed by atoms with E-state index in [1.807, 2.05) is 18.3 Å². The first-order valence-corrected chi connectivity index (χ1v) is 7.11. The van der Waals surface area contributed by atoms with Crippen LogP contribution in [0.15, 0.2) is 36.7 Å². The van der Waals surface area contributed by atoms with Gasteiger partial charge in [0.1, 0.15) is 5.75 Å². The Bertz CT molecular complexity index is 610. The molecular formula is C17H19NO2. The number of aryl methyl sites for hydroxylation is 1. The van der Waals surface area contributed by atoms with Gasteiger partial charge in [-0.25, -0.2) is 0 Å². The Labute approximate surface area is 119 Å². The fourth-order valence-corrected chi connectivity index (χ4v) is 2.77. The summed E-state index contributed by atoms with van der Waals surface area (Å²) in [6, 6.07) is 8.06. The van der Waals surface area contributed by atoms with Crippen LogP contribution in [-0.4, -0.2) is 17.5 Å². The quantitative estimate of drug-likeness (QED) is 0.799. The van der Waals surface area contributed by atoms with Gasteiger partial charge in [-0.05, 0) is 42.5 Å². The summed E-state index contributed by atoms with van der Waals surface area (Å²) in [6.07, 6.45) is 7.99. The third-order valence-electron chi connectivity index (χ3n) is 3.89. The molecule has 0 saturated heterocycles. The van der Waals surface area contributed by atoms with Gasteiger partial charge < -0.3 is 9.30 Å². The maximum absolute atomic E-state index is 12.0. The molecule has 1 aliphatic carbocycles. The fourth-order valence-electron chi connectivity index (χ4n) is 2.77. The molecule has 104 valence electrons. The van der Waals surface area contributed by atoms with Crippen LogP contribution in [0.1, 0.15) is 40.7 Å². The minimum atomic E-state index is 0.297. The molecule has 0 atom stereocenters. The SMILES string of the molecule is COc1ccc(Cn2cc3c(c2)C(=O)CCCC3)cc1. The number of Topliss-reactive ketones (excluding diaryl/α,β-unsaturated/α-hetero) is 1. The summed E-state index contributed by atoms with van der Waals surface area (Å²) in [5, 5.41) is 0. The van der Waals surface area contributed by atoms with Crippen LogP contribution >= 0.6 is 0 Å². The van der Waals surface area contributed by atoms with Crippen molar-refractivity contribution in [3.05, 3.63) is 53.3 Å². The first-order valence-electron chi connectivity index (χ1n) is 7.11. The van der Waals surface area contributed by atoms with Gasteiger partial charge in [-0.1, -0.05) is 12.1 Å². The smallest absolute Gasteiger partial charge is 0.164 e. The van der Waals surface area contributed by atoms with Gasteiger partial charge in [0.15, 0.2) is 5.78 Å². The summed E-state index contributed by atoms with van der Waals surface area (Å²) in [6.45, 7) is 0.796. The Morgan fingerprint density at radius 2 is 1.85 bits per heavy atom. The van der Waals surface area contributed by atoms with Crippen molar-refractivity contribution in [1.82, 2.24) is 4.57 Å². The fraction of sp³-hybridized carbons (Fsp3) is 0.353. The molecule has 0 spiro atoms. The van der Waals surface area contributed by atoms with Crippen LogP contribution in [0.4, 0.5) is 0 Å². The number of fused-ring (bicyclic) bond motifs is 1. The predicted molar refractivity (Wildman–Crippen MR) is 78.4 cm³/mol. The molecule has 1 heterocycles. The van der Waals surface area contributed by atoms with Gasteiger partial charge in [0.25, 0.3) is 0 Å². The second kappa shape index (κ2) is 5.53. The van der Waals surface area contributed by atoms with Crippen molar-refractivity contribution in [2.24, 2.45) is 0 Å². The zero-order valence-electron chi connectivity index (χ0n) is 11.8. The van der Waals surface area contributed by atoms with Crippen molar-refractivity contribution in [2.45, 2.75) is 32.2 Å². The zero-order chi connectivity index (χ0) is 13.9. The summed E-state index contributed by atoms with van der Waals surface area (Å²) in [4.78, 5) is 12.0. The van der Waals surface area contributed by atoms with Crippen LogP contribution in [0.3, 0.4) is 0 Å². The second-order valence-corrected chi connectivity index (χ2v) is 5.35. The summed E-state index contributed by atoms with van der Waals surface area (Å²) >= 11 is 0. The first kappa shape index (κ1) is 13.0. The number of carbonyl (C=O) groups is 1. The molecule has 0 N–H and O–H groups in total. The summed E-state index contributed by atoms with van der Waals surface area (Å²) in [5.41, 5.74) is 3.35. The van der Waals surface area contributed by atoms with Crippen LogP contribution in [-0.2, 0) is 13.0 Å². The lowest BCUT2D eigenvalue weighted by Crippen LogP contribution is -1.99. The average molecular weight is 269 g/mol. The van der Waals surface area contributed by atoms with Gasteiger partial charge in [0.05, 0.1) is 7.11 Å². The van der Waals surface area contributed by atoms with Crippen molar-refractivity contribution < 1.29 is 9.53 Å². The Hall–Kier alpha value is -2.03. The van der Waals surface area contributed by atoms with Gasteiger partial charge in [0, 0.05) is 30.9 Å². The number of methoxy groups -OCH3 is 1. The van der Waals surface area contributed by atoms with E-state index in [4.69, 9.17) is 4.74 Å². The highest BCUT2D eigenvalue weighted by Crippen LogP contribution is 2.22. The highest BCUT2D eigenvalue weighted by molar-refractivity contribution is 5.97. The van der Waals surface area contributed by atoms with E-state index in [-0.39, 0.29) is 0 Å². The number of benzene rings is 1. The standard InChI is InChI=1S/C17H19NO2/c1-20-15-8-6-13(7-9-15)10-18-11-14-4-2-3-5-17(19)16(14)12-18/h6-9,11-12H,2-5,10H2,1H3. The number of carbonyl (C=O) groups excluding carboxylic acids is 1. The van der Waals surface area contributed by atoms with Crippen molar-refractivity contribution in [2.75, 3.05) is 7.11 Å². The van der Waals surface area contributed by atoms with E-state index in [2.05, 4.69) is 22.9 Å². The van der Waals surface area contributed by atoms with Gasteiger partial charge in [-0.3, -0.25) is 4.79 Å². The number of rotatable bonds is 3. The van der Waals surface area contributed by atoms with Crippen LogP contribution in [0.25, 0.3) is 0 Å². The van der Waals surface area contributed by atoms with Gasteiger partial charge in [-0.2, -0.15) is 0 Å². The highest BCUT2D eigenvalue weighted by atomic mass is 16.5. The molecule has 0 saturated carbocycles. The van der Waals surface area contributed by atoms with Crippen LogP contribution in [0.5, 0.6) is 5.75 Å². The number of nitrogens with zero attached hydrogens (tertiary/aromatic N) is 1. The molecule has 1 aromatic heterocycles. The maximum Gasteiger partial charge on any atom is 0.164 e. The van der Waals surface area contributed by atoms with Crippen molar-refractivity contribution >= 4 is 5.78 Å². The first-order chi connectivity index (χ1) is 9.76. The molecule has 0 unspecified atom stereocenters. The summed E-state index contributed by atoms with van der Waals surface area (Å²) in [5.74, 6) is 1.16. The lowest BCUT2D eigenvalue weighted by Gasteiger charge is -2.05. The molecule has 20 heavy (non-hydrogen) atoms. The number of ketones is 1. The lowest BCUT2D eigenvalue weighted by atomic mass is 10.1. The van der Waals surface area contributed by atoms with Crippen molar-refractivity contribution in [3.8, 4) is 5.75 Å². The maximum atomic E-state index is 12.0. The normalized spacial score (nSPS) is 14.8. The van der Waals surface area contributed by atoms with Gasteiger partial charge in [-0.15, -0.1) is 0 Å². The van der Waals surface area contributed by atoms with E-state index >= 15 is 0 Å². The minimum absolute atomic E-state index is 0.297. The molecule has 0 amide bonds. The Kier molecular flexibility index (Phi) is 3.59. The van der Waals surface area contributed by atoms with Gasteiger partial charge in [0.2, 0.25) is 0 Å². The summed E-state index contributed by atoms with van der Waals surface area (Å²) < 4.78 is 7.28. The third kappa shape index (κ3) is 2.62. The number of hydrogen-bond donors (Lipinski definition) is 0. The Morgan fingerprint density at radius 1 is 1.10 bits per heavy atom. The van der Waals surface area contributed by atoms with E-state index in [1.54, 1.807) is 7.11 Å². The molecule has 0 radical (unpaired) electrons. The number of ether oxygens (including phenoxy) is 1. The van der Waals surface area contributed by atoms with E-state index in [0.29, 0.717) is 12.2 Å². The van der Waals surface area contributed by atoms with Crippen molar-refractivity contribution in [3.63, 3.8) is 0 Å². The monoisotopic (exact) mass is 269 g/mol. The molecule has 1 aliphatic rings. The largest absolute Gasteiger partial charge is 0.497 e. The molecule has 0 fully saturated rings. The molecule has 3 nitrogen and oxygen atoms in total. The third-order valence-corrected chi connectivity index (χ3v) is 3.89. The topological polar surface area (TPSA) is 31.2 Å². The molecule has 3 rings (SSSR count). The van der Waals surface area contributed by atoms with E-state index in [1.165, 1.54) is 11.1 Å². The van der Waals surface area contributed by atoms with E-state index in [9.17, 15) is 4.79 Å². The van der Waals surface area contributed by atoms with E-state index < -0.39 is 0 Å².